The average molecular weight is 345 g/mol. The SMILES string of the molecule is O=C(c1cc(Cl)c(Cl)[nH]1)N(Cc1ccc(F)cc1F)C1CC1. The number of nitrogens with zero attached hydrogens (tertiary/aromatic N) is 1. The second-order valence-electron chi connectivity index (χ2n) is 5.24. The minimum atomic E-state index is -0.666. The van der Waals surface area contributed by atoms with Crippen LogP contribution in [0.15, 0.2) is 24.3 Å². The average Bonchev–Trinajstić information content (AvgIpc) is 3.24. The van der Waals surface area contributed by atoms with Crippen LogP contribution in [0.2, 0.25) is 10.2 Å². The largest absolute Gasteiger partial charge is 0.340 e. The molecule has 0 saturated heterocycles. The lowest BCUT2D eigenvalue weighted by molar-refractivity contribution is 0.0723. The van der Waals surface area contributed by atoms with Crippen LogP contribution in [0.1, 0.15) is 28.9 Å². The number of carbonyl (C=O) groups is 1. The van der Waals surface area contributed by atoms with Gasteiger partial charge in [0.2, 0.25) is 0 Å². The fourth-order valence-corrected chi connectivity index (χ4v) is 2.57. The van der Waals surface area contributed by atoms with Gasteiger partial charge in [-0.15, -0.1) is 0 Å². The summed E-state index contributed by atoms with van der Waals surface area (Å²) in [6.45, 7) is 0.0733. The van der Waals surface area contributed by atoms with Crippen LogP contribution in [-0.2, 0) is 6.54 Å². The van der Waals surface area contributed by atoms with Gasteiger partial charge in [0.25, 0.3) is 5.91 Å². The molecule has 3 rings (SSSR count). The maximum atomic E-state index is 13.8. The molecular formula is C15H12Cl2F2N2O. The van der Waals surface area contributed by atoms with E-state index in [1.807, 2.05) is 0 Å². The van der Waals surface area contributed by atoms with Gasteiger partial charge in [-0.2, -0.15) is 0 Å². The highest BCUT2D eigenvalue weighted by molar-refractivity contribution is 6.41. The molecule has 1 aromatic heterocycles. The molecule has 1 aromatic carbocycles. The minimum absolute atomic E-state index is 0.0535. The van der Waals surface area contributed by atoms with Gasteiger partial charge >= 0.3 is 0 Å². The summed E-state index contributed by atoms with van der Waals surface area (Å²) in [5.41, 5.74) is 0.523. The molecule has 1 fully saturated rings. The zero-order valence-corrected chi connectivity index (χ0v) is 12.9. The van der Waals surface area contributed by atoms with Gasteiger partial charge in [0, 0.05) is 24.2 Å². The molecule has 3 nitrogen and oxygen atoms in total. The van der Waals surface area contributed by atoms with Crippen LogP contribution in [0.25, 0.3) is 0 Å². The van der Waals surface area contributed by atoms with Crippen molar-refractivity contribution in [3.05, 3.63) is 57.3 Å². The molecule has 0 aliphatic heterocycles. The van der Waals surface area contributed by atoms with Crippen LogP contribution in [0.5, 0.6) is 0 Å². The predicted molar refractivity (Wildman–Crippen MR) is 80.1 cm³/mol. The van der Waals surface area contributed by atoms with Gasteiger partial charge in [0.05, 0.1) is 5.02 Å². The summed E-state index contributed by atoms with van der Waals surface area (Å²) >= 11 is 11.7. The van der Waals surface area contributed by atoms with Crippen LogP contribution in [0.4, 0.5) is 8.78 Å². The van der Waals surface area contributed by atoms with Gasteiger partial charge in [-0.3, -0.25) is 4.79 Å². The molecule has 0 radical (unpaired) electrons. The number of hydrogen-bond acceptors (Lipinski definition) is 1. The Balaban J connectivity index is 1.85. The maximum Gasteiger partial charge on any atom is 0.270 e. The quantitative estimate of drug-likeness (QED) is 0.876. The van der Waals surface area contributed by atoms with Gasteiger partial charge in [0.1, 0.15) is 22.5 Å². The van der Waals surface area contributed by atoms with Crippen molar-refractivity contribution in [1.82, 2.24) is 9.88 Å². The van der Waals surface area contributed by atoms with Crippen LogP contribution in [0.3, 0.4) is 0 Å². The lowest BCUT2D eigenvalue weighted by atomic mass is 10.2. The van der Waals surface area contributed by atoms with E-state index in [1.165, 1.54) is 18.2 Å². The summed E-state index contributed by atoms with van der Waals surface area (Å²) in [5, 5.41) is 0.447. The van der Waals surface area contributed by atoms with E-state index in [1.54, 1.807) is 4.90 Å². The zero-order chi connectivity index (χ0) is 15.9. The van der Waals surface area contributed by atoms with E-state index in [0.29, 0.717) is 0 Å². The molecule has 0 bridgehead atoms. The Labute approximate surface area is 135 Å². The van der Waals surface area contributed by atoms with Crippen molar-refractivity contribution < 1.29 is 13.6 Å². The summed E-state index contributed by atoms with van der Waals surface area (Å²) in [7, 11) is 0. The normalized spacial score (nSPS) is 14.2. The molecule has 1 saturated carbocycles. The number of amides is 1. The van der Waals surface area contributed by atoms with Crippen molar-refractivity contribution in [3.8, 4) is 0 Å². The Hall–Kier alpha value is -1.59. The van der Waals surface area contributed by atoms with E-state index >= 15 is 0 Å². The maximum absolute atomic E-state index is 13.8. The third-order valence-electron chi connectivity index (χ3n) is 3.56. The number of carbonyl (C=O) groups excluding carboxylic acids is 1. The molecular weight excluding hydrogens is 333 g/mol. The monoisotopic (exact) mass is 344 g/mol. The van der Waals surface area contributed by atoms with Gasteiger partial charge in [-0.1, -0.05) is 29.3 Å². The first-order valence-corrected chi connectivity index (χ1v) is 7.50. The number of aromatic nitrogens is 1. The van der Waals surface area contributed by atoms with Crippen molar-refractivity contribution in [2.75, 3.05) is 0 Å². The lowest BCUT2D eigenvalue weighted by Crippen LogP contribution is -2.33. The molecule has 1 amide bonds. The standard InChI is InChI=1S/C15H12Cl2F2N2O/c16-11-6-13(20-14(11)17)15(22)21(10-3-4-10)7-8-1-2-9(18)5-12(8)19/h1-2,5-6,10,20H,3-4,7H2. The smallest absolute Gasteiger partial charge is 0.270 e. The van der Waals surface area contributed by atoms with Crippen LogP contribution < -0.4 is 0 Å². The Bertz CT molecular complexity index is 709. The first kappa shape index (κ1) is 15.3. The summed E-state index contributed by atoms with van der Waals surface area (Å²) in [6.07, 6.45) is 1.72. The Morgan fingerprint density at radius 3 is 2.55 bits per heavy atom. The van der Waals surface area contributed by atoms with Crippen LogP contribution >= 0.6 is 23.2 Å². The molecule has 0 spiro atoms. The summed E-state index contributed by atoms with van der Waals surface area (Å²) in [6, 6.07) is 4.84. The number of benzene rings is 1. The summed E-state index contributed by atoms with van der Waals surface area (Å²) < 4.78 is 26.8. The second kappa shape index (κ2) is 5.89. The van der Waals surface area contributed by atoms with Crippen molar-refractivity contribution >= 4 is 29.1 Å². The van der Waals surface area contributed by atoms with Gasteiger partial charge in [-0.05, 0) is 25.0 Å². The Kier molecular flexibility index (Phi) is 4.10. The fourth-order valence-electron chi connectivity index (χ4n) is 2.26. The molecule has 1 N–H and O–H groups in total. The third kappa shape index (κ3) is 3.10. The number of aromatic amines is 1. The first-order valence-electron chi connectivity index (χ1n) is 6.74. The van der Waals surface area contributed by atoms with E-state index in [2.05, 4.69) is 4.98 Å². The van der Waals surface area contributed by atoms with Crippen molar-refractivity contribution in [2.45, 2.75) is 25.4 Å². The highest BCUT2D eigenvalue weighted by atomic mass is 35.5. The van der Waals surface area contributed by atoms with E-state index in [-0.39, 0.29) is 39.9 Å². The molecule has 116 valence electrons. The highest BCUT2D eigenvalue weighted by Gasteiger charge is 2.34. The van der Waals surface area contributed by atoms with Crippen LogP contribution in [-0.4, -0.2) is 21.8 Å². The van der Waals surface area contributed by atoms with E-state index in [0.717, 1.165) is 18.9 Å². The van der Waals surface area contributed by atoms with Crippen molar-refractivity contribution in [2.24, 2.45) is 0 Å². The number of hydrogen-bond donors (Lipinski definition) is 1. The minimum Gasteiger partial charge on any atom is -0.340 e. The molecule has 1 aliphatic carbocycles. The summed E-state index contributed by atoms with van der Waals surface area (Å²) in [4.78, 5) is 16.8. The molecule has 0 atom stereocenters. The van der Waals surface area contributed by atoms with E-state index < -0.39 is 11.6 Å². The number of rotatable bonds is 4. The third-order valence-corrected chi connectivity index (χ3v) is 4.25. The highest BCUT2D eigenvalue weighted by Crippen LogP contribution is 2.31. The topological polar surface area (TPSA) is 36.1 Å². The molecule has 7 heteroatoms. The van der Waals surface area contributed by atoms with Gasteiger partial charge in [-0.25, -0.2) is 8.78 Å². The van der Waals surface area contributed by atoms with E-state index in [9.17, 15) is 13.6 Å². The van der Waals surface area contributed by atoms with E-state index in [4.69, 9.17) is 23.2 Å². The molecule has 1 aliphatic rings. The lowest BCUT2D eigenvalue weighted by Gasteiger charge is -2.22. The summed E-state index contributed by atoms with van der Waals surface area (Å²) in [5.74, 6) is -1.62. The van der Waals surface area contributed by atoms with Crippen molar-refractivity contribution in [3.63, 3.8) is 0 Å². The molecule has 22 heavy (non-hydrogen) atoms. The number of nitrogens with one attached hydrogen (secondary N) is 1. The number of H-pyrrole nitrogens is 1. The molecule has 0 unspecified atom stereocenters. The first-order chi connectivity index (χ1) is 10.5. The second-order valence-corrected chi connectivity index (χ2v) is 6.03. The zero-order valence-electron chi connectivity index (χ0n) is 11.4. The van der Waals surface area contributed by atoms with Crippen molar-refractivity contribution in [1.29, 1.82) is 0 Å². The Morgan fingerprint density at radius 1 is 1.27 bits per heavy atom. The predicted octanol–water partition coefficient (Wildman–Crippen LogP) is 4.40. The van der Waals surface area contributed by atoms with Gasteiger partial charge in [0.15, 0.2) is 0 Å². The Morgan fingerprint density at radius 2 is 2.00 bits per heavy atom. The molecule has 2 aromatic rings. The number of halogens is 4. The van der Waals surface area contributed by atoms with Crippen LogP contribution in [0, 0.1) is 11.6 Å². The fraction of sp³-hybridized carbons (Fsp3) is 0.267. The molecule has 1 heterocycles. The van der Waals surface area contributed by atoms with Gasteiger partial charge < -0.3 is 9.88 Å².